The summed E-state index contributed by atoms with van der Waals surface area (Å²) < 4.78 is 0. The fourth-order valence-corrected chi connectivity index (χ4v) is 5.05. The number of hydrogen-bond acceptors (Lipinski definition) is 3. The minimum Gasteiger partial charge on any atom is -0.333 e. The highest BCUT2D eigenvalue weighted by atomic mass is 32.1. The van der Waals surface area contributed by atoms with Gasteiger partial charge in [-0.3, -0.25) is 9.69 Å². The summed E-state index contributed by atoms with van der Waals surface area (Å²) >= 11 is 1.54. The summed E-state index contributed by atoms with van der Waals surface area (Å²) in [4.78, 5) is 18.3. The molecule has 0 N–H and O–H groups in total. The van der Waals surface area contributed by atoms with E-state index in [0.29, 0.717) is 0 Å². The topological polar surface area (TPSA) is 23.6 Å². The van der Waals surface area contributed by atoms with Gasteiger partial charge >= 0.3 is 0 Å². The Morgan fingerprint density at radius 2 is 2.00 bits per heavy atom. The maximum absolute atomic E-state index is 13.0. The van der Waals surface area contributed by atoms with Crippen LogP contribution < -0.4 is 0 Å². The molecule has 1 spiro atoms. The van der Waals surface area contributed by atoms with E-state index >= 15 is 0 Å². The normalized spacial score (nSPS) is 19.6. The summed E-state index contributed by atoms with van der Waals surface area (Å²) in [5, 5.41) is 1.98. The van der Waals surface area contributed by atoms with Crippen LogP contribution in [0.4, 0.5) is 0 Å². The van der Waals surface area contributed by atoms with Gasteiger partial charge in [0.25, 0.3) is 5.91 Å². The van der Waals surface area contributed by atoms with Crippen molar-refractivity contribution < 1.29 is 4.79 Å². The van der Waals surface area contributed by atoms with Crippen molar-refractivity contribution in [3.05, 3.63) is 70.4 Å². The fourth-order valence-electron chi connectivity index (χ4n) is 4.36. The van der Waals surface area contributed by atoms with Crippen LogP contribution in [0.1, 0.15) is 33.6 Å². The van der Waals surface area contributed by atoms with Gasteiger partial charge in [0.15, 0.2) is 0 Å². The molecule has 0 radical (unpaired) electrons. The molecular weight excluding hydrogens is 328 g/mol. The second kappa shape index (κ2) is 6.77. The minimum absolute atomic E-state index is 0.0967. The van der Waals surface area contributed by atoms with E-state index in [-0.39, 0.29) is 11.3 Å². The van der Waals surface area contributed by atoms with E-state index in [1.54, 1.807) is 0 Å². The molecule has 4 heteroatoms. The minimum atomic E-state index is 0.0967. The van der Waals surface area contributed by atoms with Crippen LogP contribution in [0, 0.1) is 0 Å². The van der Waals surface area contributed by atoms with Gasteiger partial charge in [-0.1, -0.05) is 36.4 Å². The lowest BCUT2D eigenvalue weighted by Gasteiger charge is -2.48. The Morgan fingerprint density at radius 3 is 2.72 bits per heavy atom. The third kappa shape index (κ3) is 3.05. The lowest BCUT2D eigenvalue weighted by atomic mass is 9.69. The summed E-state index contributed by atoms with van der Waals surface area (Å²) in [7, 11) is 0. The molecule has 0 unspecified atom stereocenters. The first kappa shape index (κ1) is 16.6. The summed E-state index contributed by atoms with van der Waals surface area (Å²) in [5.74, 6) is 0.178. The SMILES string of the molecule is C=CCN1CCC2(CC1)CN(C(=O)c1cccs1)Cc1ccccc12. The van der Waals surface area contributed by atoms with E-state index in [2.05, 4.69) is 40.6 Å². The summed E-state index contributed by atoms with van der Waals surface area (Å²) in [6, 6.07) is 12.6. The van der Waals surface area contributed by atoms with Crippen molar-refractivity contribution in [2.75, 3.05) is 26.2 Å². The van der Waals surface area contributed by atoms with Crippen LogP contribution in [0.3, 0.4) is 0 Å². The second-order valence-corrected chi connectivity index (χ2v) is 8.11. The third-order valence-corrected chi connectivity index (χ3v) is 6.52. The van der Waals surface area contributed by atoms with Gasteiger partial charge in [0.2, 0.25) is 0 Å². The number of nitrogens with zero attached hydrogens (tertiary/aromatic N) is 2. The zero-order valence-electron chi connectivity index (χ0n) is 14.5. The van der Waals surface area contributed by atoms with Gasteiger partial charge in [-0.05, 0) is 48.5 Å². The summed E-state index contributed by atoms with van der Waals surface area (Å²) in [6.45, 7) is 8.52. The number of amides is 1. The van der Waals surface area contributed by atoms with Gasteiger partial charge in [-0.2, -0.15) is 0 Å². The maximum atomic E-state index is 13.0. The number of hydrogen-bond donors (Lipinski definition) is 0. The number of carbonyl (C=O) groups excluding carboxylic acids is 1. The van der Waals surface area contributed by atoms with Gasteiger partial charge in [0.1, 0.15) is 0 Å². The molecule has 1 saturated heterocycles. The summed E-state index contributed by atoms with van der Waals surface area (Å²) in [5.41, 5.74) is 2.87. The van der Waals surface area contributed by atoms with Crippen LogP contribution in [-0.2, 0) is 12.0 Å². The maximum Gasteiger partial charge on any atom is 0.264 e. The Labute approximate surface area is 153 Å². The highest BCUT2D eigenvalue weighted by Gasteiger charge is 2.43. The second-order valence-electron chi connectivity index (χ2n) is 7.17. The Morgan fingerprint density at radius 1 is 1.20 bits per heavy atom. The molecule has 130 valence electrons. The van der Waals surface area contributed by atoms with Crippen molar-refractivity contribution in [3.63, 3.8) is 0 Å². The largest absolute Gasteiger partial charge is 0.333 e. The van der Waals surface area contributed by atoms with E-state index in [1.165, 1.54) is 22.5 Å². The molecular formula is C21H24N2OS. The molecule has 3 heterocycles. The molecule has 0 bridgehead atoms. The van der Waals surface area contributed by atoms with Gasteiger partial charge in [-0.15, -0.1) is 17.9 Å². The van der Waals surface area contributed by atoms with Gasteiger partial charge in [0, 0.05) is 25.0 Å². The molecule has 0 saturated carbocycles. The van der Waals surface area contributed by atoms with Crippen molar-refractivity contribution in [2.45, 2.75) is 24.8 Å². The first-order chi connectivity index (χ1) is 12.2. The Balaban J connectivity index is 1.64. The molecule has 0 aliphatic carbocycles. The molecule has 2 aliphatic heterocycles. The lowest BCUT2D eigenvalue weighted by Crippen LogP contribution is -2.53. The smallest absolute Gasteiger partial charge is 0.264 e. The molecule has 1 aromatic heterocycles. The standard InChI is InChI=1S/C21H24N2OS/c1-2-11-22-12-9-21(10-13-22)16-23(20(24)19-8-5-14-25-19)15-17-6-3-4-7-18(17)21/h2-8,14H,1,9-13,15-16H2. The average molecular weight is 353 g/mol. The number of likely N-dealkylation sites (tertiary alicyclic amines) is 1. The number of carbonyl (C=O) groups is 1. The summed E-state index contributed by atoms with van der Waals surface area (Å²) in [6.07, 6.45) is 4.19. The van der Waals surface area contributed by atoms with Gasteiger partial charge < -0.3 is 4.90 Å². The lowest BCUT2D eigenvalue weighted by molar-refractivity contribution is 0.0593. The molecule has 4 rings (SSSR count). The molecule has 3 nitrogen and oxygen atoms in total. The molecule has 2 aliphatic rings. The molecule has 0 atom stereocenters. The van der Waals surface area contributed by atoms with Crippen LogP contribution in [-0.4, -0.2) is 41.9 Å². The average Bonchev–Trinajstić information content (AvgIpc) is 3.18. The number of rotatable bonds is 3. The van der Waals surface area contributed by atoms with Crippen molar-refractivity contribution in [3.8, 4) is 0 Å². The quantitative estimate of drug-likeness (QED) is 0.782. The van der Waals surface area contributed by atoms with Crippen molar-refractivity contribution in [1.82, 2.24) is 9.80 Å². The number of piperidine rings is 1. The van der Waals surface area contributed by atoms with E-state index in [0.717, 1.165) is 50.4 Å². The van der Waals surface area contributed by atoms with Crippen LogP contribution in [0.2, 0.25) is 0 Å². The zero-order chi connectivity index (χ0) is 17.3. The van der Waals surface area contributed by atoms with E-state index in [9.17, 15) is 4.79 Å². The fraction of sp³-hybridized carbons (Fsp3) is 0.381. The molecule has 2 aromatic rings. The Bertz CT molecular complexity index is 760. The highest BCUT2D eigenvalue weighted by molar-refractivity contribution is 7.12. The van der Waals surface area contributed by atoms with Crippen molar-refractivity contribution in [2.24, 2.45) is 0 Å². The van der Waals surface area contributed by atoms with E-state index < -0.39 is 0 Å². The predicted molar refractivity (Wildman–Crippen MR) is 103 cm³/mol. The number of benzene rings is 1. The molecule has 1 amide bonds. The van der Waals surface area contributed by atoms with Crippen molar-refractivity contribution in [1.29, 1.82) is 0 Å². The first-order valence-electron chi connectivity index (χ1n) is 8.96. The van der Waals surface area contributed by atoms with E-state index in [1.807, 2.05) is 23.6 Å². The predicted octanol–water partition coefficient (Wildman–Crippen LogP) is 3.92. The molecule has 1 aromatic carbocycles. The highest BCUT2D eigenvalue weighted by Crippen LogP contribution is 2.42. The van der Waals surface area contributed by atoms with Crippen molar-refractivity contribution >= 4 is 17.2 Å². The van der Waals surface area contributed by atoms with Crippen LogP contribution >= 0.6 is 11.3 Å². The molecule has 25 heavy (non-hydrogen) atoms. The number of fused-ring (bicyclic) bond motifs is 2. The van der Waals surface area contributed by atoms with Crippen LogP contribution in [0.15, 0.2) is 54.4 Å². The zero-order valence-corrected chi connectivity index (χ0v) is 15.3. The Hall–Kier alpha value is -1.91. The van der Waals surface area contributed by atoms with Crippen LogP contribution in [0.5, 0.6) is 0 Å². The monoisotopic (exact) mass is 352 g/mol. The van der Waals surface area contributed by atoms with Crippen LogP contribution in [0.25, 0.3) is 0 Å². The molecule has 1 fully saturated rings. The Kier molecular flexibility index (Phi) is 4.48. The van der Waals surface area contributed by atoms with E-state index in [4.69, 9.17) is 0 Å². The third-order valence-electron chi connectivity index (χ3n) is 5.66. The first-order valence-corrected chi connectivity index (χ1v) is 9.84. The van der Waals surface area contributed by atoms with Gasteiger partial charge in [-0.25, -0.2) is 0 Å². The number of thiophene rings is 1. The van der Waals surface area contributed by atoms with Gasteiger partial charge in [0.05, 0.1) is 4.88 Å².